The second-order valence-electron chi connectivity index (χ2n) is 6.45. The molecule has 1 amide bonds. The smallest absolute Gasteiger partial charge is 0.356 e. The van der Waals surface area contributed by atoms with E-state index in [9.17, 15) is 14.7 Å². The molecule has 0 unspecified atom stereocenters. The summed E-state index contributed by atoms with van der Waals surface area (Å²) in [5.41, 5.74) is 2.48. The molecule has 2 heterocycles. The molecule has 0 saturated heterocycles. The van der Waals surface area contributed by atoms with Gasteiger partial charge in [0.25, 0.3) is 5.91 Å². The molecule has 0 atom stereocenters. The molecule has 1 aliphatic heterocycles. The van der Waals surface area contributed by atoms with Gasteiger partial charge in [0.1, 0.15) is 0 Å². The van der Waals surface area contributed by atoms with Crippen LogP contribution in [0.1, 0.15) is 32.1 Å². The van der Waals surface area contributed by atoms with Crippen molar-refractivity contribution in [2.24, 2.45) is 0 Å². The summed E-state index contributed by atoms with van der Waals surface area (Å²) in [5, 5.41) is 15.0. The summed E-state index contributed by atoms with van der Waals surface area (Å²) >= 11 is 11.9. The number of fused-ring (bicyclic) bond motifs is 1. The number of nitrogens with zero attached hydrogens (tertiary/aromatic N) is 3. The predicted molar refractivity (Wildman–Crippen MR) is 105 cm³/mol. The molecule has 1 aliphatic rings. The summed E-state index contributed by atoms with van der Waals surface area (Å²) in [6, 6.07) is 13.7. The third-order valence-corrected chi connectivity index (χ3v) is 5.18. The van der Waals surface area contributed by atoms with E-state index in [1.807, 2.05) is 0 Å². The Bertz CT molecular complexity index is 1080. The standard InChI is InChI=1S/C20H15Cl2N3O3/c21-13-4-6-15(7-5-13)25-17-8-9-24(11-16(17)18(23-25)20(27)28)19(26)12-2-1-3-14(22)10-12/h1-7,10H,8-9,11H2,(H,27,28). The van der Waals surface area contributed by atoms with Gasteiger partial charge >= 0.3 is 5.97 Å². The van der Waals surface area contributed by atoms with Crippen LogP contribution in [0, 0.1) is 0 Å². The minimum absolute atomic E-state index is 0.0476. The average Bonchev–Trinajstić information content (AvgIpc) is 3.07. The second kappa shape index (κ2) is 7.30. The molecule has 3 aromatic rings. The van der Waals surface area contributed by atoms with E-state index in [0.29, 0.717) is 34.1 Å². The molecule has 0 fully saturated rings. The number of carboxylic acid groups (broad SMARTS) is 1. The Morgan fingerprint density at radius 2 is 1.79 bits per heavy atom. The number of carboxylic acids is 1. The number of aromatic nitrogens is 2. The number of amides is 1. The van der Waals surface area contributed by atoms with Crippen molar-refractivity contribution in [2.45, 2.75) is 13.0 Å². The van der Waals surface area contributed by atoms with Gasteiger partial charge in [-0.15, -0.1) is 0 Å². The van der Waals surface area contributed by atoms with Crippen LogP contribution >= 0.6 is 23.2 Å². The Kier molecular flexibility index (Phi) is 4.83. The number of carbonyl (C=O) groups is 2. The molecule has 0 spiro atoms. The van der Waals surface area contributed by atoms with Crippen LogP contribution in [0.15, 0.2) is 48.5 Å². The number of carbonyl (C=O) groups excluding carboxylic acids is 1. The van der Waals surface area contributed by atoms with Crippen molar-refractivity contribution < 1.29 is 14.7 Å². The first-order chi connectivity index (χ1) is 13.4. The molecule has 142 valence electrons. The molecular formula is C20H15Cl2N3O3. The van der Waals surface area contributed by atoms with E-state index in [0.717, 1.165) is 11.4 Å². The van der Waals surface area contributed by atoms with Gasteiger partial charge in [-0.3, -0.25) is 4.79 Å². The maximum absolute atomic E-state index is 12.8. The molecule has 1 N–H and O–H groups in total. The van der Waals surface area contributed by atoms with Crippen molar-refractivity contribution in [2.75, 3.05) is 6.54 Å². The van der Waals surface area contributed by atoms with Crippen molar-refractivity contribution in [3.63, 3.8) is 0 Å². The van der Waals surface area contributed by atoms with Gasteiger partial charge < -0.3 is 10.0 Å². The van der Waals surface area contributed by atoms with Crippen LogP contribution in [0.5, 0.6) is 0 Å². The predicted octanol–water partition coefficient (Wildman–Crippen LogP) is 4.08. The minimum Gasteiger partial charge on any atom is -0.476 e. The van der Waals surface area contributed by atoms with Crippen LogP contribution in [-0.2, 0) is 13.0 Å². The lowest BCUT2D eigenvalue weighted by Crippen LogP contribution is -2.36. The van der Waals surface area contributed by atoms with Crippen molar-refractivity contribution in [3.8, 4) is 5.69 Å². The normalized spacial score (nSPS) is 13.3. The van der Waals surface area contributed by atoms with Gasteiger partial charge in [-0.2, -0.15) is 5.10 Å². The van der Waals surface area contributed by atoms with E-state index >= 15 is 0 Å². The third kappa shape index (κ3) is 3.37. The lowest BCUT2D eigenvalue weighted by Gasteiger charge is -2.28. The van der Waals surface area contributed by atoms with Crippen LogP contribution < -0.4 is 0 Å². The number of rotatable bonds is 3. The van der Waals surface area contributed by atoms with Crippen LogP contribution in [-0.4, -0.2) is 38.2 Å². The fourth-order valence-corrected chi connectivity index (χ4v) is 3.68. The highest BCUT2D eigenvalue weighted by Gasteiger charge is 2.30. The van der Waals surface area contributed by atoms with Gasteiger partial charge in [-0.25, -0.2) is 9.48 Å². The first kappa shape index (κ1) is 18.5. The van der Waals surface area contributed by atoms with Gasteiger partial charge in [0.2, 0.25) is 0 Å². The molecule has 2 aromatic carbocycles. The number of hydrogen-bond acceptors (Lipinski definition) is 3. The quantitative estimate of drug-likeness (QED) is 0.699. The fraction of sp³-hybridized carbons (Fsp3) is 0.150. The maximum Gasteiger partial charge on any atom is 0.356 e. The first-order valence-electron chi connectivity index (χ1n) is 8.59. The topological polar surface area (TPSA) is 75.4 Å². The van der Waals surface area contributed by atoms with Gasteiger partial charge in [0.15, 0.2) is 5.69 Å². The molecule has 4 rings (SSSR count). The number of aromatic carboxylic acids is 1. The van der Waals surface area contributed by atoms with Crippen molar-refractivity contribution >= 4 is 35.1 Å². The Morgan fingerprint density at radius 1 is 1.04 bits per heavy atom. The maximum atomic E-state index is 12.8. The summed E-state index contributed by atoms with van der Waals surface area (Å²) in [6.45, 7) is 0.632. The molecular weight excluding hydrogens is 401 g/mol. The minimum atomic E-state index is -1.12. The van der Waals surface area contributed by atoms with Crippen LogP contribution in [0.25, 0.3) is 5.69 Å². The molecule has 28 heavy (non-hydrogen) atoms. The zero-order chi connectivity index (χ0) is 19.8. The second-order valence-corrected chi connectivity index (χ2v) is 7.33. The first-order valence-corrected chi connectivity index (χ1v) is 9.34. The lowest BCUT2D eigenvalue weighted by molar-refractivity contribution is 0.0674. The molecule has 0 saturated carbocycles. The van der Waals surface area contributed by atoms with Crippen LogP contribution in [0.2, 0.25) is 10.0 Å². The lowest BCUT2D eigenvalue weighted by atomic mass is 10.0. The molecule has 0 radical (unpaired) electrons. The summed E-state index contributed by atoms with van der Waals surface area (Å²) in [7, 11) is 0. The average molecular weight is 416 g/mol. The van der Waals surface area contributed by atoms with E-state index in [2.05, 4.69) is 5.10 Å². The number of benzene rings is 2. The largest absolute Gasteiger partial charge is 0.476 e. The zero-order valence-corrected chi connectivity index (χ0v) is 16.1. The van der Waals surface area contributed by atoms with Gasteiger partial charge in [-0.1, -0.05) is 29.3 Å². The molecule has 8 heteroatoms. The van der Waals surface area contributed by atoms with E-state index < -0.39 is 5.97 Å². The summed E-state index contributed by atoms with van der Waals surface area (Å²) in [6.07, 6.45) is 0.491. The van der Waals surface area contributed by atoms with Crippen LogP contribution in [0.4, 0.5) is 0 Å². The molecule has 0 bridgehead atoms. The van der Waals surface area contributed by atoms with Gasteiger partial charge in [0.05, 0.1) is 17.9 Å². The van der Waals surface area contributed by atoms with E-state index in [4.69, 9.17) is 23.2 Å². The number of hydrogen-bond donors (Lipinski definition) is 1. The van der Waals surface area contributed by atoms with Crippen molar-refractivity contribution in [1.82, 2.24) is 14.7 Å². The van der Waals surface area contributed by atoms with Crippen LogP contribution in [0.3, 0.4) is 0 Å². The zero-order valence-electron chi connectivity index (χ0n) is 14.6. The SMILES string of the molecule is O=C(O)c1nn(-c2ccc(Cl)cc2)c2c1CN(C(=O)c1cccc(Cl)c1)CC2. The summed E-state index contributed by atoms with van der Waals surface area (Å²) < 4.78 is 1.62. The summed E-state index contributed by atoms with van der Waals surface area (Å²) in [5.74, 6) is -1.32. The molecule has 1 aromatic heterocycles. The monoisotopic (exact) mass is 415 g/mol. The highest BCUT2D eigenvalue weighted by atomic mass is 35.5. The van der Waals surface area contributed by atoms with Crippen molar-refractivity contribution in [1.29, 1.82) is 0 Å². The van der Waals surface area contributed by atoms with Crippen molar-refractivity contribution in [3.05, 3.63) is 81.1 Å². The van der Waals surface area contributed by atoms with E-state index in [1.54, 1.807) is 58.1 Å². The molecule has 0 aliphatic carbocycles. The summed E-state index contributed by atoms with van der Waals surface area (Å²) in [4.78, 5) is 26.2. The Morgan fingerprint density at radius 3 is 2.46 bits per heavy atom. The fourth-order valence-electron chi connectivity index (χ4n) is 3.36. The Hall–Kier alpha value is -2.83. The van der Waals surface area contributed by atoms with E-state index in [1.165, 1.54) is 0 Å². The Balaban J connectivity index is 1.71. The van der Waals surface area contributed by atoms with Gasteiger partial charge in [0, 0.05) is 34.1 Å². The highest BCUT2D eigenvalue weighted by Crippen LogP contribution is 2.27. The number of halogens is 2. The van der Waals surface area contributed by atoms with E-state index in [-0.39, 0.29) is 18.1 Å². The highest BCUT2D eigenvalue weighted by molar-refractivity contribution is 6.31. The Labute approximate surface area is 170 Å². The van der Waals surface area contributed by atoms with Gasteiger partial charge in [-0.05, 0) is 42.5 Å². The molecule has 6 nitrogen and oxygen atoms in total. The third-order valence-electron chi connectivity index (χ3n) is 4.69.